The van der Waals surface area contributed by atoms with E-state index in [0.29, 0.717) is 11.5 Å². The quantitative estimate of drug-likeness (QED) is 0.908. The molecule has 1 unspecified atom stereocenters. The van der Waals surface area contributed by atoms with E-state index in [1.165, 1.54) is 42.1 Å². The predicted molar refractivity (Wildman–Crippen MR) is 82.9 cm³/mol. The number of hydrogen-bond donors (Lipinski definition) is 1. The Hall–Kier alpha value is -0.380. The zero-order valence-electron chi connectivity index (χ0n) is 12.4. The maximum Gasteiger partial charge on any atom is 0.0302 e. The topological polar surface area (TPSA) is 15.3 Å². The Morgan fingerprint density at radius 2 is 2.05 bits per heavy atom. The summed E-state index contributed by atoms with van der Waals surface area (Å²) in [6, 6.07) is 6.24. The number of rotatable bonds is 4. The molecule has 0 bridgehead atoms. The van der Waals surface area contributed by atoms with Crippen molar-refractivity contribution in [2.45, 2.75) is 64.1 Å². The Balaban J connectivity index is 1.48. The summed E-state index contributed by atoms with van der Waals surface area (Å²) in [6.07, 6.45) is 4.20. The molecule has 1 aromatic heterocycles. The fourth-order valence-corrected chi connectivity index (χ4v) is 3.86. The minimum atomic E-state index is 0.291. The van der Waals surface area contributed by atoms with Crippen molar-refractivity contribution < 1.29 is 0 Å². The van der Waals surface area contributed by atoms with Crippen LogP contribution >= 0.6 is 11.3 Å². The molecule has 1 saturated carbocycles. The van der Waals surface area contributed by atoms with Crippen molar-refractivity contribution in [3.8, 4) is 0 Å². The summed E-state index contributed by atoms with van der Waals surface area (Å²) in [5, 5.41) is 3.74. The Kier molecular flexibility index (Phi) is 3.71. The van der Waals surface area contributed by atoms with Crippen molar-refractivity contribution in [1.29, 1.82) is 0 Å². The van der Waals surface area contributed by atoms with Gasteiger partial charge in [-0.25, -0.2) is 0 Å². The third-order valence-electron chi connectivity index (χ3n) is 4.25. The van der Waals surface area contributed by atoms with Crippen LogP contribution in [0.25, 0.3) is 0 Å². The van der Waals surface area contributed by atoms with Gasteiger partial charge in [0, 0.05) is 41.5 Å². The lowest BCUT2D eigenvalue weighted by Crippen LogP contribution is -2.32. The van der Waals surface area contributed by atoms with Crippen molar-refractivity contribution in [2.75, 3.05) is 13.1 Å². The molecule has 19 heavy (non-hydrogen) atoms. The van der Waals surface area contributed by atoms with E-state index >= 15 is 0 Å². The van der Waals surface area contributed by atoms with Crippen molar-refractivity contribution in [3.63, 3.8) is 0 Å². The third kappa shape index (κ3) is 3.39. The Morgan fingerprint density at radius 1 is 1.26 bits per heavy atom. The molecule has 1 aliphatic carbocycles. The number of likely N-dealkylation sites (tertiary alicyclic amines) is 1. The molecule has 2 fully saturated rings. The van der Waals surface area contributed by atoms with Gasteiger partial charge in [0.1, 0.15) is 0 Å². The monoisotopic (exact) mass is 278 g/mol. The van der Waals surface area contributed by atoms with Gasteiger partial charge in [-0.1, -0.05) is 20.8 Å². The Morgan fingerprint density at radius 3 is 2.68 bits per heavy atom. The smallest absolute Gasteiger partial charge is 0.0302 e. The van der Waals surface area contributed by atoms with Crippen LogP contribution in [0.5, 0.6) is 0 Å². The normalized spacial score (nSPS) is 25.1. The van der Waals surface area contributed by atoms with Crippen LogP contribution < -0.4 is 5.32 Å². The van der Waals surface area contributed by atoms with Gasteiger partial charge in [0.25, 0.3) is 0 Å². The van der Waals surface area contributed by atoms with E-state index in [9.17, 15) is 0 Å². The first kappa shape index (κ1) is 13.6. The number of nitrogens with one attached hydrogen (secondary N) is 1. The molecule has 0 radical (unpaired) electrons. The number of thiophene rings is 1. The lowest BCUT2D eigenvalue weighted by Gasteiger charge is -2.16. The zero-order valence-corrected chi connectivity index (χ0v) is 13.2. The highest BCUT2D eigenvalue weighted by Crippen LogP contribution is 2.31. The standard InChI is InChI=1S/C16H26N2S/c1-16(2,3)15-7-6-14(19-15)10-17-12-8-9-18(11-12)13-4-5-13/h6-7,12-13,17H,4-5,8-11H2,1-3H3. The molecule has 2 aliphatic rings. The fourth-order valence-electron chi connectivity index (χ4n) is 2.85. The average molecular weight is 278 g/mol. The summed E-state index contributed by atoms with van der Waals surface area (Å²) in [4.78, 5) is 5.65. The van der Waals surface area contributed by atoms with Gasteiger partial charge in [-0.05, 0) is 36.8 Å². The largest absolute Gasteiger partial charge is 0.308 e. The van der Waals surface area contributed by atoms with Crippen LogP contribution in [-0.4, -0.2) is 30.1 Å². The van der Waals surface area contributed by atoms with Gasteiger partial charge in [0.15, 0.2) is 0 Å². The van der Waals surface area contributed by atoms with Gasteiger partial charge in [0.05, 0.1) is 0 Å². The van der Waals surface area contributed by atoms with Gasteiger partial charge in [-0.15, -0.1) is 11.3 Å². The molecule has 3 rings (SSSR count). The SMILES string of the molecule is CC(C)(C)c1ccc(CNC2CCN(C3CC3)C2)s1. The van der Waals surface area contributed by atoms with Gasteiger partial charge in [0.2, 0.25) is 0 Å². The van der Waals surface area contributed by atoms with E-state index in [0.717, 1.165) is 12.6 Å². The first-order valence-corrected chi connectivity index (χ1v) is 8.40. The summed E-state index contributed by atoms with van der Waals surface area (Å²) in [6.45, 7) is 10.5. The van der Waals surface area contributed by atoms with Crippen LogP contribution in [0.1, 0.15) is 49.8 Å². The molecule has 1 saturated heterocycles. The molecule has 0 aromatic carbocycles. The summed E-state index contributed by atoms with van der Waals surface area (Å²) >= 11 is 1.97. The van der Waals surface area contributed by atoms with Crippen LogP contribution in [0.3, 0.4) is 0 Å². The van der Waals surface area contributed by atoms with E-state index in [2.05, 4.69) is 43.1 Å². The number of nitrogens with zero attached hydrogens (tertiary/aromatic N) is 1. The summed E-state index contributed by atoms with van der Waals surface area (Å²) in [5.41, 5.74) is 0.291. The van der Waals surface area contributed by atoms with E-state index < -0.39 is 0 Å². The summed E-state index contributed by atoms with van der Waals surface area (Å²) in [7, 11) is 0. The van der Waals surface area contributed by atoms with E-state index in [4.69, 9.17) is 0 Å². The molecular weight excluding hydrogens is 252 g/mol. The molecule has 1 aliphatic heterocycles. The number of hydrogen-bond acceptors (Lipinski definition) is 3. The van der Waals surface area contributed by atoms with Crippen molar-refractivity contribution in [2.24, 2.45) is 0 Å². The highest BCUT2D eigenvalue weighted by molar-refractivity contribution is 7.12. The van der Waals surface area contributed by atoms with Crippen molar-refractivity contribution >= 4 is 11.3 Å². The van der Waals surface area contributed by atoms with Gasteiger partial charge in [-0.3, -0.25) is 4.90 Å². The van der Waals surface area contributed by atoms with Crippen LogP contribution in [0.4, 0.5) is 0 Å². The maximum absolute atomic E-state index is 3.74. The van der Waals surface area contributed by atoms with Gasteiger partial charge >= 0.3 is 0 Å². The minimum Gasteiger partial charge on any atom is -0.308 e. The lowest BCUT2D eigenvalue weighted by molar-refractivity contribution is 0.317. The molecule has 1 atom stereocenters. The van der Waals surface area contributed by atoms with Gasteiger partial charge < -0.3 is 5.32 Å². The molecule has 2 heterocycles. The fraction of sp³-hybridized carbons (Fsp3) is 0.750. The highest BCUT2D eigenvalue weighted by Gasteiger charge is 2.34. The lowest BCUT2D eigenvalue weighted by atomic mass is 9.95. The summed E-state index contributed by atoms with van der Waals surface area (Å²) in [5.74, 6) is 0. The van der Waals surface area contributed by atoms with Crippen LogP contribution in [0.15, 0.2) is 12.1 Å². The molecule has 0 amide bonds. The zero-order chi connectivity index (χ0) is 13.5. The van der Waals surface area contributed by atoms with Crippen molar-refractivity contribution in [3.05, 3.63) is 21.9 Å². The average Bonchev–Trinajstić information content (AvgIpc) is 2.91. The van der Waals surface area contributed by atoms with Crippen LogP contribution in [-0.2, 0) is 12.0 Å². The minimum absolute atomic E-state index is 0.291. The van der Waals surface area contributed by atoms with Crippen LogP contribution in [0, 0.1) is 0 Å². The van der Waals surface area contributed by atoms with Crippen LogP contribution in [0.2, 0.25) is 0 Å². The first-order valence-electron chi connectivity index (χ1n) is 7.59. The first-order chi connectivity index (χ1) is 9.02. The van der Waals surface area contributed by atoms with E-state index in [1.807, 2.05) is 11.3 Å². The second kappa shape index (κ2) is 5.19. The molecular formula is C16H26N2S. The van der Waals surface area contributed by atoms with Gasteiger partial charge in [-0.2, -0.15) is 0 Å². The maximum atomic E-state index is 3.74. The highest BCUT2D eigenvalue weighted by atomic mass is 32.1. The molecule has 3 heteroatoms. The summed E-state index contributed by atoms with van der Waals surface area (Å²) < 4.78 is 0. The molecule has 0 spiro atoms. The molecule has 2 nitrogen and oxygen atoms in total. The Labute approximate surface area is 121 Å². The second-order valence-corrected chi connectivity index (χ2v) is 8.28. The molecule has 106 valence electrons. The molecule has 1 N–H and O–H groups in total. The third-order valence-corrected chi connectivity index (χ3v) is 5.76. The van der Waals surface area contributed by atoms with Crippen molar-refractivity contribution in [1.82, 2.24) is 10.2 Å². The second-order valence-electron chi connectivity index (χ2n) is 7.11. The Bertz CT molecular complexity index is 428. The van der Waals surface area contributed by atoms with E-state index in [-0.39, 0.29) is 0 Å². The molecule has 1 aromatic rings. The predicted octanol–water partition coefficient (Wildman–Crippen LogP) is 3.37. The van der Waals surface area contributed by atoms with E-state index in [1.54, 1.807) is 0 Å².